The van der Waals surface area contributed by atoms with Gasteiger partial charge in [-0.1, -0.05) is 152 Å². The number of rotatable bonds is 19. The van der Waals surface area contributed by atoms with E-state index in [4.69, 9.17) is 33.2 Å². The minimum atomic E-state index is -0.811. The highest BCUT2D eigenvalue weighted by Gasteiger charge is 2.44. The number of ether oxygens (including phenoxy) is 7. The molecule has 9 heteroatoms. The van der Waals surface area contributed by atoms with Crippen LogP contribution in [0, 0.1) is 0 Å². The van der Waals surface area contributed by atoms with E-state index in [2.05, 4.69) is 0 Å². The lowest BCUT2D eigenvalue weighted by atomic mass is 9.90. The fraction of sp³-hybridized carbons (Fsp3) is 0.255. The van der Waals surface area contributed by atoms with Gasteiger partial charge < -0.3 is 33.2 Å². The Hall–Kier alpha value is -6.10. The van der Waals surface area contributed by atoms with Crippen molar-refractivity contribution in [2.45, 2.75) is 77.7 Å². The van der Waals surface area contributed by atoms with Gasteiger partial charge in [0.05, 0.1) is 44.2 Å². The standard InChI is InChI=1S/C51H50O9/c1-36(52)48-43(55-31-39-20-10-4-11-21-39)28-44(56-32-40-22-12-5-13-23-40)49(51(48)59-37(2)53)45-29-46(57-33-41-24-14-6-15-25-41)50(58-34-42-26-16-7-17-27-42)47(60-45)35-54-30-38-18-8-3-9-19-38/h3-28,45-47,50H,29-35H2,1-2H3/t45-,46-,47-,50+/m1/s1. The van der Waals surface area contributed by atoms with Crippen molar-refractivity contribution in [1.82, 2.24) is 0 Å². The van der Waals surface area contributed by atoms with Crippen molar-refractivity contribution in [3.63, 3.8) is 0 Å². The first-order chi connectivity index (χ1) is 29.4. The molecule has 0 N–H and O–H groups in total. The van der Waals surface area contributed by atoms with Crippen LogP contribution >= 0.6 is 0 Å². The maximum Gasteiger partial charge on any atom is 0.308 e. The first-order valence-electron chi connectivity index (χ1n) is 20.2. The van der Waals surface area contributed by atoms with E-state index in [1.807, 2.05) is 152 Å². The molecule has 0 spiro atoms. The molecule has 0 aliphatic carbocycles. The normalized spacial score (nSPS) is 17.4. The van der Waals surface area contributed by atoms with Gasteiger partial charge in [-0.25, -0.2) is 0 Å². The predicted octanol–water partition coefficient (Wildman–Crippen LogP) is 10.2. The average molecular weight is 807 g/mol. The van der Waals surface area contributed by atoms with Crippen molar-refractivity contribution in [2.24, 2.45) is 0 Å². The Balaban J connectivity index is 1.31. The highest BCUT2D eigenvalue weighted by Crippen LogP contribution is 2.49. The Bertz CT molecular complexity index is 2250. The van der Waals surface area contributed by atoms with Crippen molar-refractivity contribution in [3.05, 3.63) is 197 Å². The highest BCUT2D eigenvalue weighted by molar-refractivity contribution is 6.01. The van der Waals surface area contributed by atoms with Crippen LogP contribution in [-0.2, 0) is 56.8 Å². The minimum Gasteiger partial charge on any atom is -0.488 e. The maximum absolute atomic E-state index is 13.7. The number of hydrogen-bond donors (Lipinski definition) is 0. The molecule has 6 aromatic rings. The SMILES string of the molecule is CC(=O)Oc1c(C(C)=O)c(OCc2ccccc2)cc(OCc2ccccc2)c1[C@H]1C[C@@H](OCc2ccccc2)[C@H](OCc2ccccc2)[C@@H](COCc2ccccc2)O1. The van der Waals surface area contributed by atoms with Gasteiger partial charge in [-0.15, -0.1) is 0 Å². The molecule has 0 radical (unpaired) electrons. The average Bonchev–Trinajstić information content (AvgIpc) is 3.27. The summed E-state index contributed by atoms with van der Waals surface area (Å²) < 4.78 is 46.0. The lowest BCUT2D eigenvalue weighted by molar-refractivity contribution is -0.222. The minimum absolute atomic E-state index is 0.0167. The van der Waals surface area contributed by atoms with Gasteiger partial charge >= 0.3 is 5.97 Å². The molecule has 7 rings (SSSR count). The number of hydrogen-bond acceptors (Lipinski definition) is 9. The molecular formula is C51H50O9. The third-order valence-corrected chi connectivity index (χ3v) is 10.1. The largest absolute Gasteiger partial charge is 0.488 e. The molecule has 60 heavy (non-hydrogen) atoms. The van der Waals surface area contributed by atoms with Crippen LogP contribution < -0.4 is 14.2 Å². The number of carbonyl (C=O) groups is 2. The molecule has 0 aromatic heterocycles. The summed E-state index contributed by atoms with van der Waals surface area (Å²) in [6.45, 7) is 4.18. The van der Waals surface area contributed by atoms with E-state index in [1.165, 1.54) is 13.8 Å². The van der Waals surface area contributed by atoms with E-state index in [0.717, 1.165) is 27.8 Å². The van der Waals surface area contributed by atoms with Crippen molar-refractivity contribution in [2.75, 3.05) is 6.61 Å². The summed E-state index contributed by atoms with van der Waals surface area (Å²) in [7, 11) is 0. The third-order valence-electron chi connectivity index (χ3n) is 10.1. The summed E-state index contributed by atoms with van der Waals surface area (Å²) >= 11 is 0. The number of Topliss-reactive ketones (excluding diaryl/α,β-unsaturated/α-hetero) is 1. The fourth-order valence-electron chi connectivity index (χ4n) is 7.26. The lowest BCUT2D eigenvalue weighted by Crippen LogP contribution is -2.50. The first kappa shape index (κ1) is 42.0. The van der Waals surface area contributed by atoms with Crippen molar-refractivity contribution < 1.29 is 42.7 Å². The molecule has 308 valence electrons. The van der Waals surface area contributed by atoms with Gasteiger partial charge in [0, 0.05) is 19.4 Å². The molecule has 1 fully saturated rings. The quantitative estimate of drug-likeness (QED) is 0.0450. The van der Waals surface area contributed by atoms with E-state index in [9.17, 15) is 9.59 Å². The van der Waals surface area contributed by atoms with Gasteiger partial charge in [0.1, 0.15) is 42.5 Å². The number of ketones is 1. The van der Waals surface area contributed by atoms with Gasteiger partial charge in [0.15, 0.2) is 11.5 Å². The third kappa shape index (κ3) is 11.5. The van der Waals surface area contributed by atoms with Crippen LogP contribution in [0.4, 0.5) is 0 Å². The van der Waals surface area contributed by atoms with Gasteiger partial charge in [-0.3, -0.25) is 9.59 Å². The topological polar surface area (TPSA) is 98.8 Å². The summed E-state index contributed by atoms with van der Waals surface area (Å²) in [5, 5.41) is 0. The second kappa shape index (κ2) is 21.2. The zero-order chi connectivity index (χ0) is 41.5. The summed E-state index contributed by atoms with van der Waals surface area (Å²) in [6.07, 6.45) is -2.33. The number of benzene rings is 6. The molecule has 1 saturated heterocycles. The van der Waals surface area contributed by atoms with Gasteiger partial charge in [0.2, 0.25) is 0 Å². The van der Waals surface area contributed by atoms with E-state index < -0.39 is 30.4 Å². The van der Waals surface area contributed by atoms with Gasteiger partial charge in [-0.05, 0) is 34.7 Å². The Morgan fingerprint density at radius 1 is 0.567 bits per heavy atom. The van der Waals surface area contributed by atoms with Crippen LogP contribution in [0.5, 0.6) is 17.2 Å². The van der Waals surface area contributed by atoms with Crippen LogP contribution in [0.15, 0.2) is 158 Å². The summed E-state index contributed by atoms with van der Waals surface area (Å²) in [5.41, 5.74) is 5.30. The second-order valence-electron chi connectivity index (χ2n) is 14.7. The predicted molar refractivity (Wildman–Crippen MR) is 228 cm³/mol. The zero-order valence-corrected chi connectivity index (χ0v) is 33.9. The molecule has 0 amide bonds. The van der Waals surface area contributed by atoms with E-state index in [0.29, 0.717) is 31.1 Å². The maximum atomic E-state index is 13.7. The molecule has 0 saturated carbocycles. The number of esters is 1. The summed E-state index contributed by atoms with van der Waals surface area (Å²) in [4.78, 5) is 26.7. The molecular weight excluding hydrogens is 757 g/mol. The molecule has 1 heterocycles. The molecule has 1 aliphatic heterocycles. The second-order valence-corrected chi connectivity index (χ2v) is 14.7. The molecule has 0 unspecified atom stereocenters. The van der Waals surface area contributed by atoms with E-state index >= 15 is 0 Å². The molecule has 0 bridgehead atoms. The smallest absolute Gasteiger partial charge is 0.308 e. The summed E-state index contributed by atoms with van der Waals surface area (Å²) in [5.74, 6) is -0.406. The van der Waals surface area contributed by atoms with Crippen LogP contribution in [0.2, 0.25) is 0 Å². The van der Waals surface area contributed by atoms with Crippen molar-refractivity contribution in [3.8, 4) is 17.2 Å². The zero-order valence-electron chi connectivity index (χ0n) is 33.9. The van der Waals surface area contributed by atoms with Crippen molar-refractivity contribution in [1.29, 1.82) is 0 Å². The Kier molecular flexibility index (Phi) is 14.9. The van der Waals surface area contributed by atoms with E-state index in [-0.39, 0.29) is 49.1 Å². The van der Waals surface area contributed by atoms with Crippen LogP contribution in [0.1, 0.15) is 70.1 Å². The van der Waals surface area contributed by atoms with Crippen LogP contribution in [0.25, 0.3) is 0 Å². The molecule has 4 atom stereocenters. The van der Waals surface area contributed by atoms with Crippen LogP contribution in [0.3, 0.4) is 0 Å². The Labute approximate surface area is 351 Å². The summed E-state index contributed by atoms with van der Waals surface area (Å²) in [6, 6.07) is 50.9. The van der Waals surface area contributed by atoms with Gasteiger partial charge in [0.25, 0.3) is 0 Å². The highest BCUT2D eigenvalue weighted by atomic mass is 16.6. The molecule has 9 nitrogen and oxygen atoms in total. The molecule has 6 aromatic carbocycles. The monoisotopic (exact) mass is 806 g/mol. The Morgan fingerprint density at radius 2 is 1.02 bits per heavy atom. The van der Waals surface area contributed by atoms with Gasteiger partial charge in [-0.2, -0.15) is 0 Å². The lowest BCUT2D eigenvalue weighted by Gasteiger charge is -2.42. The fourth-order valence-corrected chi connectivity index (χ4v) is 7.26. The number of carbonyl (C=O) groups excluding carboxylic acids is 2. The van der Waals surface area contributed by atoms with E-state index in [1.54, 1.807) is 6.07 Å². The first-order valence-corrected chi connectivity index (χ1v) is 20.2. The van der Waals surface area contributed by atoms with Crippen molar-refractivity contribution >= 4 is 11.8 Å². The Morgan fingerprint density at radius 3 is 1.50 bits per heavy atom. The molecule has 1 aliphatic rings. The van der Waals surface area contributed by atoms with Crippen LogP contribution in [-0.4, -0.2) is 36.7 Å².